The van der Waals surface area contributed by atoms with Gasteiger partial charge in [0.2, 0.25) is 0 Å². The predicted octanol–water partition coefficient (Wildman–Crippen LogP) is 1.79. The normalized spacial score (nSPS) is 17.1. The molecule has 1 amide bonds. The van der Waals surface area contributed by atoms with Crippen LogP contribution in [0.4, 0.5) is 4.39 Å². The molecule has 1 atom stereocenters. The maximum atomic E-state index is 13.6. The average Bonchev–Trinajstić information content (AvgIpc) is 2.42. The van der Waals surface area contributed by atoms with Crippen LogP contribution in [0.2, 0.25) is 0 Å². The zero-order valence-electron chi connectivity index (χ0n) is 10.7. The van der Waals surface area contributed by atoms with Crippen molar-refractivity contribution in [2.45, 2.75) is 13.0 Å². The molecule has 1 saturated heterocycles. The molecule has 1 aliphatic rings. The van der Waals surface area contributed by atoms with Crippen LogP contribution in [-0.2, 0) is 4.79 Å². The minimum atomic E-state index is -0.686. The lowest BCUT2D eigenvalue weighted by Gasteiger charge is -2.29. The first-order valence-electron chi connectivity index (χ1n) is 6.19. The van der Waals surface area contributed by atoms with Crippen LogP contribution in [0.1, 0.15) is 6.92 Å². The Labute approximate surface area is 120 Å². The Morgan fingerprint density at radius 1 is 1.47 bits per heavy atom. The highest BCUT2D eigenvalue weighted by Crippen LogP contribution is 2.22. The minimum absolute atomic E-state index is 0.0965. The fraction of sp³-hybridized carbons (Fsp3) is 0.462. The molecule has 4 nitrogen and oxygen atoms in total. The van der Waals surface area contributed by atoms with Gasteiger partial charge in [0.15, 0.2) is 17.7 Å². The van der Waals surface area contributed by atoms with E-state index in [1.807, 2.05) is 0 Å². The summed E-state index contributed by atoms with van der Waals surface area (Å²) in [5, 5.41) is 3.17. The van der Waals surface area contributed by atoms with Crippen molar-refractivity contribution in [3.63, 3.8) is 0 Å². The quantitative estimate of drug-likeness (QED) is 0.918. The van der Waals surface area contributed by atoms with E-state index in [1.54, 1.807) is 17.9 Å². The van der Waals surface area contributed by atoms with Gasteiger partial charge in [-0.1, -0.05) is 15.9 Å². The van der Waals surface area contributed by atoms with Gasteiger partial charge in [0.25, 0.3) is 5.91 Å². The minimum Gasteiger partial charge on any atom is -0.478 e. The highest BCUT2D eigenvalue weighted by Gasteiger charge is 2.24. The predicted molar refractivity (Wildman–Crippen MR) is 73.6 cm³/mol. The van der Waals surface area contributed by atoms with Gasteiger partial charge in [-0.05, 0) is 25.1 Å². The van der Waals surface area contributed by atoms with E-state index in [4.69, 9.17) is 4.74 Å². The van der Waals surface area contributed by atoms with Crippen molar-refractivity contribution in [3.8, 4) is 5.75 Å². The summed E-state index contributed by atoms with van der Waals surface area (Å²) in [6.07, 6.45) is -0.686. The number of rotatable bonds is 3. The number of hydrogen-bond acceptors (Lipinski definition) is 3. The van der Waals surface area contributed by atoms with Gasteiger partial charge < -0.3 is 15.0 Å². The largest absolute Gasteiger partial charge is 0.478 e. The first-order valence-corrected chi connectivity index (χ1v) is 6.98. The summed E-state index contributed by atoms with van der Waals surface area (Å²) < 4.78 is 19.7. The fourth-order valence-corrected chi connectivity index (χ4v) is 2.29. The molecule has 1 N–H and O–H groups in total. The number of nitrogens with one attached hydrogen (secondary N) is 1. The van der Waals surface area contributed by atoms with E-state index in [2.05, 4.69) is 21.2 Å². The standard InChI is InChI=1S/C13H16BrFN2O2/c1-9(13(18)17-6-4-16-5-7-17)19-12-3-2-10(14)8-11(12)15/h2-3,8-9,16H,4-7H2,1H3. The highest BCUT2D eigenvalue weighted by atomic mass is 79.9. The molecule has 104 valence electrons. The second-order valence-electron chi connectivity index (χ2n) is 4.41. The molecular weight excluding hydrogens is 315 g/mol. The summed E-state index contributed by atoms with van der Waals surface area (Å²) in [4.78, 5) is 13.9. The second kappa shape index (κ2) is 6.34. The molecule has 0 bridgehead atoms. The number of amides is 1. The Bertz CT molecular complexity index is 464. The molecule has 0 radical (unpaired) electrons. The lowest BCUT2D eigenvalue weighted by molar-refractivity contribution is -0.138. The van der Waals surface area contributed by atoms with Gasteiger partial charge in [-0.15, -0.1) is 0 Å². The Hall–Kier alpha value is -1.14. The van der Waals surface area contributed by atoms with Crippen LogP contribution >= 0.6 is 15.9 Å². The number of nitrogens with zero attached hydrogens (tertiary/aromatic N) is 1. The molecule has 1 fully saturated rings. The van der Waals surface area contributed by atoms with Crippen LogP contribution in [-0.4, -0.2) is 43.1 Å². The van der Waals surface area contributed by atoms with Crippen molar-refractivity contribution in [1.29, 1.82) is 0 Å². The van der Waals surface area contributed by atoms with Gasteiger partial charge in [0.05, 0.1) is 0 Å². The molecule has 0 saturated carbocycles. The summed E-state index contributed by atoms with van der Waals surface area (Å²) in [6.45, 7) is 4.53. The van der Waals surface area contributed by atoms with Crippen molar-refractivity contribution >= 4 is 21.8 Å². The second-order valence-corrected chi connectivity index (χ2v) is 5.33. The molecule has 0 aromatic heterocycles. The molecule has 19 heavy (non-hydrogen) atoms. The van der Waals surface area contributed by atoms with Crippen LogP contribution in [0.3, 0.4) is 0 Å². The summed E-state index contributed by atoms with van der Waals surface area (Å²) in [5.74, 6) is -0.489. The lowest BCUT2D eigenvalue weighted by Crippen LogP contribution is -2.50. The van der Waals surface area contributed by atoms with Crippen molar-refractivity contribution in [2.24, 2.45) is 0 Å². The molecule has 6 heteroatoms. The SMILES string of the molecule is CC(Oc1ccc(Br)cc1F)C(=O)N1CCNCC1. The van der Waals surface area contributed by atoms with E-state index in [-0.39, 0.29) is 11.7 Å². The first-order chi connectivity index (χ1) is 9.08. The number of piperazine rings is 1. The third-order valence-electron chi connectivity index (χ3n) is 2.97. The summed E-state index contributed by atoms with van der Waals surface area (Å²) in [5.41, 5.74) is 0. The molecule has 1 heterocycles. The van der Waals surface area contributed by atoms with Crippen LogP contribution in [0.5, 0.6) is 5.75 Å². The zero-order valence-corrected chi connectivity index (χ0v) is 12.2. The average molecular weight is 331 g/mol. The van der Waals surface area contributed by atoms with Gasteiger partial charge in [0, 0.05) is 30.7 Å². The van der Waals surface area contributed by atoms with Crippen molar-refractivity contribution in [2.75, 3.05) is 26.2 Å². The Morgan fingerprint density at radius 2 is 2.16 bits per heavy atom. The maximum Gasteiger partial charge on any atom is 0.263 e. The lowest BCUT2D eigenvalue weighted by atomic mass is 10.2. The van der Waals surface area contributed by atoms with Crippen LogP contribution in [0.15, 0.2) is 22.7 Å². The van der Waals surface area contributed by atoms with Crippen LogP contribution in [0, 0.1) is 5.82 Å². The van der Waals surface area contributed by atoms with Gasteiger partial charge in [-0.25, -0.2) is 4.39 Å². The molecule has 1 aromatic carbocycles. The van der Waals surface area contributed by atoms with Crippen molar-refractivity contribution in [3.05, 3.63) is 28.5 Å². The van der Waals surface area contributed by atoms with Crippen LogP contribution in [0.25, 0.3) is 0 Å². The molecule has 0 aliphatic carbocycles. The van der Waals surface area contributed by atoms with E-state index in [9.17, 15) is 9.18 Å². The Morgan fingerprint density at radius 3 is 2.79 bits per heavy atom. The third kappa shape index (κ3) is 3.67. The Kier molecular flexibility index (Phi) is 4.76. The highest BCUT2D eigenvalue weighted by molar-refractivity contribution is 9.10. The summed E-state index contributed by atoms with van der Waals surface area (Å²) >= 11 is 3.18. The van der Waals surface area contributed by atoms with Gasteiger partial charge in [-0.3, -0.25) is 4.79 Å². The van der Waals surface area contributed by atoms with E-state index in [0.29, 0.717) is 17.6 Å². The van der Waals surface area contributed by atoms with E-state index >= 15 is 0 Å². The first kappa shape index (κ1) is 14.3. The fourth-order valence-electron chi connectivity index (χ4n) is 1.95. The monoisotopic (exact) mass is 330 g/mol. The molecule has 1 aliphatic heterocycles. The number of halogens is 2. The zero-order chi connectivity index (χ0) is 13.8. The molecule has 1 unspecified atom stereocenters. The molecule has 0 spiro atoms. The van der Waals surface area contributed by atoms with Gasteiger partial charge in [0.1, 0.15) is 0 Å². The topological polar surface area (TPSA) is 41.6 Å². The third-order valence-corrected chi connectivity index (χ3v) is 3.47. The van der Waals surface area contributed by atoms with E-state index < -0.39 is 11.9 Å². The Balaban J connectivity index is 1.99. The smallest absolute Gasteiger partial charge is 0.263 e. The summed E-state index contributed by atoms with van der Waals surface area (Å²) in [6, 6.07) is 4.51. The number of ether oxygens (including phenoxy) is 1. The number of carbonyl (C=O) groups excluding carboxylic acids is 1. The number of benzene rings is 1. The van der Waals surface area contributed by atoms with Crippen LogP contribution < -0.4 is 10.1 Å². The van der Waals surface area contributed by atoms with Crippen molar-refractivity contribution < 1.29 is 13.9 Å². The molecular formula is C13H16BrFN2O2. The number of hydrogen-bond donors (Lipinski definition) is 1. The van der Waals surface area contributed by atoms with E-state index in [1.165, 1.54) is 12.1 Å². The van der Waals surface area contributed by atoms with Gasteiger partial charge >= 0.3 is 0 Å². The van der Waals surface area contributed by atoms with E-state index in [0.717, 1.165) is 13.1 Å². The maximum absolute atomic E-state index is 13.6. The van der Waals surface area contributed by atoms with Gasteiger partial charge in [-0.2, -0.15) is 0 Å². The van der Waals surface area contributed by atoms with Crippen molar-refractivity contribution in [1.82, 2.24) is 10.2 Å². The summed E-state index contributed by atoms with van der Waals surface area (Å²) in [7, 11) is 0. The molecule has 2 rings (SSSR count). The number of carbonyl (C=O) groups is 1. The molecule has 1 aromatic rings.